The van der Waals surface area contributed by atoms with Gasteiger partial charge in [-0.2, -0.15) is 0 Å². The Hall–Kier alpha value is -1.00. The fourth-order valence-electron chi connectivity index (χ4n) is 1.88. The van der Waals surface area contributed by atoms with E-state index in [4.69, 9.17) is 0 Å². The van der Waals surface area contributed by atoms with Gasteiger partial charge in [0, 0.05) is 16.5 Å². The van der Waals surface area contributed by atoms with Gasteiger partial charge in [-0.25, -0.2) is 0 Å². The topological polar surface area (TPSA) is 41.1 Å². The summed E-state index contributed by atoms with van der Waals surface area (Å²) in [5, 5.41) is 6.32. The Morgan fingerprint density at radius 3 is 2.81 bits per heavy atom. The van der Waals surface area contributed by atoms with Crippen LogP contribution in [0.3, 0.4) is 0 Å². The van der Waals surface area contributed by atoms with Gasteiger partial charge >= 0.3 is 0 Å². The number of hydrogen-bond donors (Lipinski definition) is 3. The highest BCUT2D eigenvalue weighted by atomic mass is 32.1. The summed E-state index contributed by atoms with van der Waals surface area (Å²) in [7, 11) is 0. The van der Waals surface area contributed by atoms with Crippen LogP contribution in [0.2, 0.25) is 0 Å². The van der Waals surface area contributed by atoms with Crippen LogP contribution in [0.4, 0.5) is 0 Å². The minimum Gasteiger partial charge on any atom is -0.349 e. The van der Waals surface area contributed by atoms with E-state index in [1.807, 2.05) is 18.2 Å². The van der Waals surface area contributed by atoms with E-state index in [1.54, 1.807) is 6.07 Å². The van der Waals surface area contributed by atoms with Crippen molar-refractivity contribution < 1.29 is 4.79 Å². The zero-order valence-electron chi connectivity index (χ0n) is 9.07. The van der Waals surface area contributed by atoms with Crippen LogP contribution in [0.1, 0.15) is 23.2 Å². The van der Waals surface area contributed by atoms with Crippen molar-refractivity contribution in [2.45, 2.75) is 23.8 Å². The summed E-state index contributed by atoms with van der Waals surface area (Å²) >= 11 is 4.22. The van der Waals surface area contributed by atoms with Crippen molar-refractivity contribution in [2.75, 3.05) is 13.1 Å². The average molecular weight is 236 g/mol. The Morgan fingerprint density at radius 2 is 2.12 bits per heavy atom. The number of hydrogen-bond acceptors (Lipinski definition) is 3. The molecule has 0 bridgehead atoms. The molecule has 1 fully saturated rings. The largest absolute Gasteiger partial charge is 0.349 e. The van der Waals surface area contributed by atoms with E-state index in [1.165, 1.54) is 0 Å². The smallest absolute Gasteiger partial charge is 0.251 e. The third kappa shape index (κ3) is 3.00. The number of benzene rings is 1. The maximum atomic E-state index is 11.9. The van der Waals surface area contributed by atoms with Crippen molar-refractivity contribution in [1.82, 2.24) is 10.6 Å². The number of carbonyl (C=O) groups excluding carboxylic acids is 1. The molecule has 1 aliphatic rings. The van der Waals surface area contributed by atoms with E-state index in [2.05, 4.69) is 23.3 Å². The van der Waals surface area contributed by atoms with Crippen molar-refractivity contribution >= 4 is 18.5 Å². The van der Waals surface area contributed by atoms with Crippen LogP contribution in [0.25, 0.3) is 0 Å². The monoisotopic (exact) mass is 236 g/mol. The maximum absolute atomic E-state index is 11.9. The molecule has 1 saturated heterocycles. The molecule has 2 N–H and O–H groups in total. The molecular formula is C12H16N2OS. The zero-order valence-corrected chi connectivity index (χ0v) is 9.97. The molecule has 0 aromatic heterocycles. The normalized spacial score (nSPS) is 17.1. The number of carbonyl (C=O) groups is 1. The summed E-state index contributed by atoms with van der Waals surface area (Å²) in [6.45, 7) is 1.97. The van der Waals surface area contributed by atoms with E-state index >= 15 is 0 Å². The Balaban J connectivity index is 1.97. The summed E-state index contributed by atoms with van der Waals surface area (Å²) in [4.78, 5) is 12.7. The van der Waals surface area contributed by atoms with Crippen LogP contribution in [0, 0.1) is 0 Å². The van der Waals surface area contributed by atoms with Gasteiger partial charge in [-0.3, -0.25) is 4.79 Å². The van der Waals surface area contributed by atoms with Gasteiger partial charge in [0.05, 0.1) is 0 Å². The molecule has 86 valence electrons. The van der Waals surface area contributed by atoms with Gasteiger partial charge in [-0.15, -0.1) is 12.6 Å². The second kappa shape index (κ2) is 5.37. The van der Waals surface area contributed by atoms with Crippen LogP contribution in [0.5, 0.6) is 0 Å². The van der Waals surface area contributed by atoms with Crippen LogP contribution < -0.4 is 10.6 Å². The minimum absolute atomic E-state index is 0.00259. The lowest BCUT2D eigenvalue weighted by molar-refractivity contribution is 0.0929. The van der Waals surface area contributed by atoms with Gasteiger partial charge in [-0.1, -0.05) is 6.07 Å². The summed E-state index contributed by atoms with van der Waals surface area (Å²) in [6, 6.07) is 7.62. The first kappa shape index (κ1) is 11.5. The number of thiol groups is 1. The molecule has 3 nitrogen and oxygen atoms in total. The summed E-state index contributed by atoms with van der Waals surface area (Å²) in [5.74, 6) is 0.00259. The fourth-order valence-corrected chi connectivity index (χ4v) is 2.11. The van der Waals surface area contributed by atoms with E-state index in [9.17, 15) is 4.79 Å². The second-order valence-electron chi connectivity index (χ2n) is 4.05. The number of amides is 1. The Bertz CT molecular complexity index is 375. The lowest BCUT2D eigenvalue weighted by atomic mass is 10.1. The molecule has 1 heterocycles. The number of rotatable bonds is 2. The molecular weight excluding hydrogens is 220 g/mol. The van der Waals surface area contributed by atoms with Gasteiger partial charge < -0.3 is 10.6 Å². The maximum Gasteiger partial charge on any atom is 0.251 e. The van der Waals surface area contributed by atoms with Crippen molar-refractivity contribution in [3.05, 3.63) is 29.8 Å². The lowest BCUT2D eigenvalue weighted by Crippen LogP contribution is -2.42. The first-order valence-corrected chi connectivity index (χ1v) is 6.01. The third-order valence-electron chi connectivity index (χ3n) is 2.78. The molecule has 0 radical (unpaired) electrons. The van der Waals surface area contributed by atoms with Gasteiger partial charge in [0.1, 0.15) is 0 Å². The van der Waals surface area contributed by atoms with Crippen LogP contribution >= 0.6 is 12.6 Å². The standard InChI is InChI=1S/C12H16N2OS/c15-12(9-2-1-3-11(16)8-9)14-10-4-6-13-7-5-10/h1-3,8,10,13,16H,4-7H2,(H,14,15). The Kier molecular flexibility index (Phi) is 3.85. The first-order chi connectivity index (χ1) is 7.75. The van der Waals surface area contributed by atoms with Gasteiger partial charge in [0.15, 0.2) is 0 Å². The van der Waals surface area contributed by atoms with Crippen molar-refractivity contribution in [3.63, 3.8) is 0 Å². The third-order valence-corrected chi connectivity index (χ3v) is 3.06. The zero-order chi connectivity index (χ0) is 11.4. The molecule has 4 heteroatoms. The fraction of sp³-hybridized carbons (Fsp3) is 0.417. The van der Waals surface area contributed by atoms with Gasteiger partial charge in [0.2, 0.25) is 0 Å². The van der Waals surface area contributed by atoms with Gasteiger partial charge in [0.25, 0.3) is 5.91 Å². The van der Waals surface area contributed by atoms with Crippen molar-refractivity contribution in [1.29, 1.82) is 0 Å². The first-order valence-electron chi connectivity index (χ1n) is 5.56. The van der Waals surface area contributed by atoms with Gasteiger partial charge in [-0.05, 0) is 44.1 Å². The lowest BCUT2D eigenvalue weighted by Gasteiger charge is -2.23. The van der Waals surface area contributed by atoms with E-state index in [-0.39, 0.29) is 5.91 Å². The molecule has 16 heavy (non-hydrogen) atoms. The number of piperidine rings is 1. The highest BCUT2D eigenvalue weighted by Crippen LogP contribution is 2.10. The molecule has 2 rings (SSSR count). The molecule has 0 saturated carbocycles. The van der Waals surface area contributed by atoms with Crippen molar-refractivity contribution in [3.8, 4) is 0 Å². The van der Waals surface area contributed by atoms with E-state index in [0.717, 1.165) is 30.8 Å². The van der Waals surface area contributed by atoms with Crippen LogP contribution in [-0.2, 0) is 0 Å². The number of nitrogens with one attached hydrogen (secondary N) is 2. The van der Waals surface area contributed by atoms with E-state index < -0.39 is 0 Å². The molecule has 0 aliphatic carbocycles. The predicted molar refractivity (Wildman–Crippen MR) is 67.1 cm³/mol. The highest BCUT2D eigenvalue weighted by molar-refractivity contribution is 7.80. The molecule has 0 unspecified atom stereocenters. The van der Waals surface area contributed by atoms with E-state index in [0.29, 0.717) is 11.6 Å². The summed E-state index contributed by atoms with van der Waals surface area (Å²) in [5.41, 5.74) is 0.686. The molecule has 0 atom stereocenters. The highest BCUT2D eigenvalue weighted by Gasteiger charge is 2.16. The Labute approximate surface area is 101 Å². The molecule has 1 aromatic carbocycles. The molecule has 1 aliphatic heterocycles. The molecule has 0 spiro atoms. The SMILES string of the molecule is O=C(NC1CCNCC1)c1cccc(S)c1. The quantitative estimate of drug-likeness (QED) is 0.680. The molecule has 1 amide bonds. The Morgan fingerprint density at radius 1 is 1.38 bits per heavy atom. The van der Waals surface area contributed by atoms with Crippen LogP contribution in [0.15, 0.2) is 29.2 Å². The second-order valence-corrected chi connectivity index (χ2v) is 4.56. The average Bonchev–Trinajstić information content (AvgIpc) is 2.30. The van der Waals surface area contributed by atoms with Crippen LogP contribution in [-0.4, -0.2) is 25.0 Å². The predicted octanol–water partition coefficient (Wildman–Crippen LogP) is 1.46. The van der Waals surface area contributed by atoms with Crippen molar-refractivity contribution in [2.24, 2.45) is 0 Å². The summed E-state index contributed by atoms with van der Waals surface area (Å²) in [6.07, 6.45) is 2.01. The molecule has 1 aromatic rings. The minimum atomic E-state index is 0.00259. The summed E-state index contributed by atoms with van der Waals surface area (Å²) < 4.78 is 0.